The van der Waals surface area contributed by atoms with Crippen molar-refractivity contribution in [2.24, 2.45) is 0 Å². The van der Waals surface area contributed by atoms with Crippen LogP contribution in [0, 0.1) is 17.0 Å². The van der Waals surface area contributed by atoms with Crippen molar-refractivity contribution in [1.82, 2.24) is 10.3 Å². The number of carbonyl (C=O) groups excluding carboxylic acids is 1. The van der Waals surface area contributed by atoms with E-state index in [1.165, 1.54) is 29.5 Å². The maximum Gasteiger partial charge on any atom is 0.270 e. The first-order chi connectivity index (χ1) is 9.88. The monoisotopic (exact) mass is 306 g/mol. The van der Waals surface area contributed by atoms with Crippen LogP contribution in [-0.2, 0) is 0 Å². The molecule has 0 aliphatic rings. The van der Waals surface area contributed by atoms with Gasteiger partial charge in [0.25, 0.3) is 11.6 Å². The van der Waals surface area contributed by atoms with Crippen molar-refractivity contribution in [2.75, 3.05) is 5.73 Å². The zero-order chi connectivity index (χ0) is 15.6. The molecule has 0 spiro atoms. The van der Waals surface area contributed by atoms with Gasteiger partial charge in [0.15, 0.2) is 0 Å². The van der Waals surface area contributed by atoms with Gasteiger partial charge in [-0.15, -0.1) is 11.3 Å². The zero-order valence-corrected chi connectivity index (χ0v) is 12.3. The number of rotatable bonds is 4. The first-order valence-corrected chi connectivity index (χ1v) is 7.03. The van der Waals surface area contributed by atoms with Crippen LogP contribution < -0.4 is 11.1 Å². The van der Waals surface area contributed by atoms with Crippen LogP contribution in [0.3, 0.4) is 0 Å². The number of hydrogen-bond acceptors (Lipinski definition) is 6. The number of anilines is 1. The second-order valence-electron chi connectivity index (χ2n) is 4.55. The summed E-state index contributed by atoms with van der Waals surface area (Å²) in [5.74, 6) is -0.462. The minimum Gasteiger partial charge on any atom is -0.398 e. The van der Waals surface area contributed by atoms with Crippen LogP contribution in [-0.4, -0.2) is 15.8 Å². The highest BCUT2D eigenvalue weighted by molar-refractivity contribution is 7.09. The summed E-state index contributed by atoms with van der Waals surface area (Å²) >= 11 is 1.44. The van der Waals surface area contributed by atoms with Crippen LogP contribution in [0.2, 0.25) is 0 Å². The largest absolute Gasteiger partial charge is 0.398 e. The summed E-state index contributed by atoms with van der Waals surface area (Å²) in [5.41, 5.74) is 6.70. The topological polar surface area (TPSA) is 111 Å². The van der Waals surface area contributed by atoms with Crippen LogP contribution in [0.4, 0.5) is 11.4 Å². The molecule has 0 aliphatic heterocycles. The highest BCUT2D eigenvalue weighted by atomic mass is 32.1. The number of aromatic nitrogens is 1. The van der Waals surface area contributed by atoms with Gasteiger partial charge in [-0.3, -0.25) is 14.9 Å². The van der Waals surface area contributed by atoms with E-state index in [1.54, 1.807) is 6.92 Å². The number of nitrogens with one attached hydrogen (secondary N) is 1. The lowest BCUT2D eigenvalue weighted by atomic mass is 10.1. The molecule has 2 aromatic rings. The van der Waals surface area contributed by atoms with E-state index in [0.717, 1.165) is 10.7 Å². The number of aryl methyl sites for hydroxylation is 1. The van der Waals surface area contributed by atoms with Crippen LogP contribution in [0.25, 0.3) is 0 Å². The summed E-state index contributed by atoms with van der Waals surface area (Å²) in [7, 11) is 0. The Morgan fingerprint density at radius 3 is 2.81 bits per heavy atom. The molecule has 0 saturated heterocycles. The molecule has 2 rings (SSSR count). The number of nitrogens with zero attached hydrogens (tertiary/aromatic N) is 2. The highest BCUT2D eigenvalue weighted by Crippen LogP contribution is 2.22. The van der Waals surface area contributed by atoms with Crippen LogP contribution in [0.5, 0.6) is 0 Å². The predicted octanol–water partition coefficient (Wildman–Crippen LogP) is 2.43. The molecule has 1 amide bonds. The van der Waals surface area contributed by atoms with Gasteiger partial charge >= 0.3 is 0 Å². The molecule has 110 valence electrons. The van der Waals surface area contributed by atoms with Gasteiger partial charge in [0, 0.05) is 28.9 Å². The summed E-state index contributed by atoms with van der Waals surface area (Å²) in [5, 5.41) is 16.2. The molecular weight excluding hydrogens is 292 g/mol. The van der Waals surface area contributed by atoms with Gasteiger partial charge in [0.2, 0.25) is 0 Å². The van der Waals surface area contributed by atoms with Crippen molar-refractivity contribution in [1.29, 1.82) is 0 Å². The molecule has 0 radical (unpaired) electrons. The lowest BCUT2D eigenvalue weighted by Crippen LogP contribution is -2.27. The third-order valence-electron chi connectivity index (χ3n) is 2.85. The smallest absolute Gasteiger partial charge is 0.270 e. The number of hydrogen-bond donors (Lipinski definition) is 2. The molecule has 0 fully saturated rings. The van der Waals surface area contributed by atoms with E-state index in [-0.39, 0.29) is 23.0 Å². The first-order valence-electron chi connectivity index (χ1n) is 6.15. The number of amides is 1. The van der Waals surface area contributed by atoms with Crippen molar-refractivity contribution in [3.8, 4) is 0 Å². The predicted molar refractivity (Wildman–Crippen MR) is 80.2 cm³/mol. The van der Waals surface area contributed by atoms with E-state index in [4.69, 9.17) is 5.73 Å². The molecule has 1 aromatic carbocycles. The molecule has 1 aromatic heterocycles. The molecule has 1 atom stereocenters. The third kappa shape index (κ3) is 3.34. The minimum atomic E-state index is -0.566. The van der Waals surface area contributed by atoms with Gasteiger partial charge in [-0.25, -0.2) is 4.98 Å². The van der Waals surface area contributed by atoms with Crippen molar-refractivity contribution < 1.29 is 9.72 Å². The average Bonchev–Trinajstić information content (AvgIpc) is 2.85. The minimum absolute atomic E-state index is 0.0873. The number of carbonyl (C=O) groups is 1. The number of thiazole rings is 1. The maximum atomic E-state index is 12.2. The standard InChI is InChI=1S/C13H14N4O3S/c1-7-6-21-13(15-7)8(2)16-12(18)10-5-9(17(19)20)3-4-11(10)14/h3-6,8H,14H2,1-2H3,(H,16,18). The molecular formula is C13H14N4O3S. The number of non-ortho nitro benzene ring substituents is 1. The summed E-state index contributed by atoms with van der Waals surface area (Å²) in [4.78, 5) is 26.7. The van der Waals surface area contributed by atoms with E-state index in [2.05, 4.69) is 10.3 Å². The SMILES string of the molecule is Cc1csc(C(C)NC(=O)c2cc([N+](=O)[O-])ccc2N)n1. The van der Waals surface area contributed by atoms with Gasteiger partial charge in [-0.1, -0.05) is 0 Å². The molecule has 1 heterocycles. The third-order valence-corrected chi connectivity index (χ3v) is 3.99. The second kappa shape index (κ2) is 5.88. The van der Waals surface area contributed by atoms with Crippen LogP contribution >= 0.6 is 11.3 Å². The van der Waals surface area contributed by atoms with E-state index in [0.29, 0.717) is 0 Å². The first kappa shape index (κ1) is 14.9. The lowest BCUT2D eigenvalue weighted by Gasteiger charge is -2.12. The van der Waals surface area contributed by atoms with Gasteiger partial charge in [0.05, 0.1) is 16.5 Å². The molecule has 0 bridgehead atoms. The Bertz CT molecular complexity index is 698. The van der Waals surface area contributed by atoms with Crippen molar-refractivity contribution >= 4 is 28.6 Å². The Balaban J connectivity index is 2.20. The van der Waals surface area contributed by atoms with Crippen molar-refractivity contribution in [3.63, 3.8) is 0 Å². The number of nitrogen functional groups attached to an aromatic ring is 1. The van der Waals surface area contributed by atoms with Crippen LogP contribution in [0.15, 0.2) is 23.6 Å². The Kier molecular flexibility index (Phi) is 4.18. The van der Waals surface area contributed by atoms with E-state index in [1.807, 2.05) is 12.3 Å². The molecule has 8 heteroatoms. The number of nitro groups is 1. The zero-order valence-electron chi connectivity index (χ0n) is 11.5. The Morgan fingerprint density at radius 1 is 1.52 bits per heavy atom. The van der Waals surface area contributed by atoms with E-state index < -0.39 is 10.8 Å². The normalized spacial score (nSPS) is 11.9. The summed E-state index contributed by atoms with van der Waals surface area (Å²) in [6.45, 7) is 3.66. The summed E-state index contributed by atoms with van der Waals surface area (Å²) in [6, 6.07) is 3.49. The van der Waals surface area contributed by atoms with E-state index >= 15 is 0 Å². The number of nitrogens with two attached hydrogens (primary N) is 1. The van der Waals surface area contributed by atoms with Gasteiger partial charge in [-0.2, -0.15) is 0 Å². The Morgan fingerprint density at radius 2 is 2.24 bits per heavy atom. The molecule has 3 N–H and O–H groups in total. The fraction of sp³-hybridized carbons (Fsp3) is 0.231. The fourth-order valence-corrected chi connectivity index (χ4v) is 2.57. The lowest BCUT2D eigenvalue weighted by molar-refractivity contribution is -0.384. The highest BCUT2D eigenvalue weighted by Gasteiger charge is 2.18. The maximum absolute atomic E-state index is 12.2. The number of benzene rings is 1. The van der Waals surface area contributed by atoms with Gasteiger partial charge in [-0.05, 0) is 19.9 Å². The molecule has 21 heavy (non-hydrogen) atoms. The van der Waals surface area contributed by atoms with Crippen molar-refractivity contribution in [3.05, 3.63) is 50.0 Å². The van der Waals surface area contributed by atoms with E-state index in [9.17, 15) is 14.9 Å². The summed E-state index contributed by atoms with van der Waals surface area (Å²) < 4.78 is 0. The van der Waals surface area contributed by atoms with Crippen LogP contribution in [0.1, 0.15) is 34.0 Å². The average molecular weight is 306 g/mol. The fourth-order valence-electron chi connectivity index (χ4n) is 1.76. The number of nitro benzene ring substituents is 1. The Labute approximate surface area is 125 Å². The van der Waals surface area contributed by atoms with Crippen molar-refractivity contribution in [2.45, 2.75) is 19.9 Å². The van der Waals surface area contributed by atoms with Gasteiger partial charge < -0.3 is 11.1 Å². The summed E-state index contributed by atoms with van der Waals surface area (Å²) in [6.07, 6.45) is 0. The Hall–Kier alpha value is -2.48. The molecule has 7 nitrogen and oxygen atoms in total. The molecule has 1 unspecified atom stereocenters. The molecule has 0 aliphatic carbocycles. The van der Waals surface area contributed by atoms with Gasteiger partial charge in [0.1, 0.15) is 5.01 Å². The second-order valence-corrected chi connectivity index (χ2v) is 5.44. The quantitative estimate of drug-likeness (QED) is 0.512. The molecule has 0 saturated carbocycles.